The van der Waals surface area contributed by atoms with Crippen LogP contribution in [0.25, 0.3) is 0 Å². The van der Waals surface area contributed by atoms with Gasteiger partial charge in [-0.15, -0.1) is 0 Å². The van der Waals surface area contributed by atoms with Gasteiger partial charge in [0.15, 0.2) is 0 Å². The number of methoxy groups -OCH3 is 1. The van der Waals surface area contributed by atoms with Gasteiger partial charge >= 0.3 is 12.1 Å². The normalized spacial score (nSPS) is 10.9. The fraction of sp³-hybridized carbons (Fsp3) is 0.500. The first-order chi connectivity index (χ1) is 10.3. The van der Waals surface area contributed by atoms with Crippen molar-refractivity contribution in [2.24, 2.45) is 0 Å². The number of nitrogens with one attached hydrogen (secondary N) is 1. The Morgan fingerprint density at radius 3 is 2.23 bits per heavy atom. The molecule has 0 bridgehead atoms. The van der Waals surface area contributed by atoms with Crippen LogP contribution < -0.4 is 5.32 Å². The lowest BCUT2D eigenvalue weighted by molar-refractivity contribution is -0.146. The lowest BCUT2D eigenvalue weighted by Crippen LogP contribution is -2.32. The quantitative estimate of drug-likeness (QED) is 0.817. The maximum Gasteiger partial charge on any atom is 0.407 e. The summed E-state index contributed by atoms with van der Waals surface area (Å²) in [5.41, 5.74) is 1.37. The second-order valence-electron chi connectivity index (χ2n) is 5.74. The number of hydrogen-bond donors (Lipinski definition) is 1. The molecule has 0 saturated carbocycles. The van der Waals surface area contributed by atoms with E-state index in [0.29, 0.717) is 13.2 Å². The highest BCUT2D eigenvalue weighted by atomic mass is 16.6. The third-order valence-corrected chi connectivity index (χ3v) is 2.58. The summed E-state index contributed by atoms with van der Waals surface area (Å²) in [6.07, 6.45) is -0.446. The van der Waals surface area contributed by atoms with Crippen LogP contribution in [0.4, 0.5) is 4.79 Å². The zero-order valence-corrected chi connectivity index (χ0v) is 13.5. The van der Waals surface area contributed by atoms with Crippen LogP contribution in [0.15, 0.2) is 24.3 Å². The fourth-order valence-electron chi connectivity index (χ4n) is 1.55. The van der Waals surface area contributed by atoms with E-state index < -0.39 is 17.7 Å². The minimum Gasteiger partial charge on any atom is -0.467 e. The Labute approximate surface area is 130 Å². The Bertz CT molecular complexity index is 490. The van der Waals surface area contributed by atoms with Crippen LogP contribution >= 0.6 is 0 Å². The molecule has 122 valence electrons. The average Bonchev–Trinajstić information content (AvgIpc) is 2.44. The van der Waals surface area contributed by atoms with E-state index in [4.69, 9.17) is 9.47 Å². The smallest absolute Gasteiger partial charge is 0.407 e. The SMILES string of the molecule is COC(=O)COCc1ccc(CNC(=O)OC(C)(C)C)cc1. The number of esters is 1. The maximum absolute atomic E-state index is 11.5. The van der Waals surface area contributed by atoms with Crippen molar-refractivity contribution < 1.29 is 23.8 Å². The Morgan fingerprint density at radius 1 is 1.09 bits per heavy atom. The predicted octanol–water partition coefficient (Wildman–Crippen LogP) is 2.40. The molecule has 1 aromatic carbocycles. The summed E-state index contributed by atoms with van der Waals surface area (Å²) in [6.45, 7) is 6.09. The number of hydrogen-bond acceptors (Lipinski definition) is 5. The van der Waals surface area contributed by atoms with Crippen LogP contribution in [-0.4, -0.2) is 31.4 Å². The molecule has 1 amide bonds. The number of amides is 1. The molecule has 0 heterocycles. The van der Waals surface area contributed by atoms with E-state index in [2.05, 4.69) is 10.1 Å². The molecular weight excluding hydrogens is 286 g/mol. The van der Waals surface area contributed by atoms with Crippen molar-refractivity contribution in [3.05, 3.63) is 35.4 Å². The Balaban J connectivity index is 2.35. The van der Waals surface area contributed by atoms with Gasteiger partial charge in [-0.2, -0.15) is 0 Å². The van der Waals surface area contributed by atoms with Crippen molar-refractivity contribution in [2.75, 3.05) is 13.7 Å². The molecule has 0 spiro atoms. The van der Waals surface area contributed by atoms with Crippen molar-refractivity contribution in [1.82, 2.24) is 5.32 Å². The molecule has 6 heteroatoms. The molecule has 1 aromatic rings. The zero-order valence-electron chi connectivity index (χ0n) is 13.5. The van der Waals surface area contributed by atoms with Gasteiger partial charge in [0, 0.05) is 6.54 Å². The van der Waals surface area contributed by atoms with Crippen LogP contribution in [0.2, 0.25) is 0 Å². The summed E-state index contributed by atoms with van der Waals surface area (Å²) < 4.78 is 14.8. The Kier molecular flexibility index (Phi) is 6.85. The fourth-order valence-corrected chi connectivity index (χ4v) is 1.55. The minimum atomic E-state index is -0.509. The summed E-state index contributed by atoms with van der Waals surface area (Å²) in [4.78, 5) is 22.4. The largest absolute Gasteiger partial charge is 0.467 e. The van der Waals surface area contributed by atoms with Gasteiger partial charge in [0.1, 0.15) is 12.2 Å². The Morgan fingerprint density at radius 2 is 1.68 bits per heavy atom. The van der Waals surface area contributed by atoms with E-state index in [1.54, 1.807) is 0 Å². The van der Waals surface area contributed by atoms with E-state index in [0.717, 1.165) is 11.1 Å². The highest BCUT2D eigenvalue weighted by molar-refractivity contribution is 5.70. The molecule has 0 aliphatic rings. The first-order valence-corrected chi connectivity index (χ1v) is 6.99. The molecule has 22 heavy (non-hydrogen) atoms. The second kappa shape index (κ2) is 8.38. The summed E-state index contributed by atoms with van der Waals surface area (Å²) >= 11 is 0. The summed E-state index contributed by atoms with van der Waals surface area (Å²) in [5, 5.41) is 2.69. The van der Waals surface area contributed by atoms with E-state index in [9.17, 15) is 9.59 Å². The van der Waals surface area contributed by atoms with Crippen LogP contribution in [0.5, 0.6) is 0 Å². The summed E-state index contributed by atoms with van der Waals surface area (Å²) in [7, 11) is 1.32. The summed E-state index contributed by atoms with van der Waals surface area (Å²) in [5.74, 6) is -0.404. The molecule has 0 aliphatic heterocycles. The minimum absolute atomic E-state index is 0.0710. The van der Waals surface area contributed by atoms with Crippen molar-refractivity contribution in [2.45, 2.75) is 39.5 Å². The van der Waals surface area contributed by atoms with E-state index in [-0.39, 0.29) is 6.61 Å². The molecule has 0 aliphatic carbocycles. The van der Waals surface area contributed by atoms with E-state index in [1.807, 2.05) is 45.0 Å². The molecule has 1 rings (SSSR count). The number of benzene rings is 1. The lowest BCUT2D eigenvalue weighted by Gasteiger charge is -2.19. The van der Waals surface area contributed by atoms with Crippen LogP contribution in [0, 0.1) is 0 Å². The van der Waals surface area contributed by atoms with Gasteiger partial charge in [0.05, 0.1) is 13.7 Å². The van der Waals surface area contributed by atoms with E-state index in [1.165, 1.54) is 7.11 Å². The van der Waals surface area contributed by atoms with Crippen molar-refractivity contribution in [3.8, 4) is 0 Å². The number of carbonyl (C=O) groups is 2. The van der Waals surface area contributed by atoms with Crippen molar-refractivity contribution in [1.29, 1.82) is 0 Å². The van der Waals surface area contributed by atoms with Gasteiger partial charge < -0.3 is 19.5 Å². The third-order valence-electron chi connectivity index (χ3n) is 2.58. The molecule has 0 atom stereocenters. The lowest BCUT2D eigenvalue weighted by atomic mass is 10.1. The monoisotopic (exact) mass is 309 g/mol. The predicted molar refractivity (Wildman–Crippen MR) is 81.2 cm³/mol. The van der Waals surface area contributed by atoms with Gasteiger partial charge in [0.25, 0.3) is 0 Å². The Hall–Kier alpha value is -2.08. The molecule has 6 nitrogen and oxygen atoms in total. The first-order valence-electron chi connectivity index (χ1n) is 6.99. The third kappa shape index (κ3) is 7.64. The molecule has 0 aromatic heterocycles. The van der Waals surface area contributed by atoms with Gasteiger partial charge in [-0.3, -0.25) is 0 Å². The number of rotatable bonds is 6. The van der Waals surface area contributed by atoms with Crippen molar-refractivity contribution in [3.63, 3.8) is 0 Å². The topological polar surface area (TPSA) is 73.9 Å². The molecular formula is C16H23NO5. The highest BCUT2D eigenvalue weighted by Crippen LogP contribution is 2.08. The average molecular weight is 309 g/mol. The van der Waals surface area contributed by atoms with Gasteiger partial charge in [-0.05, 0) is 31.9 Å². The number of carbonyl (C=O) groups excluding carboxylic acids is 2. The first kappa shape index (κ1) is 18.0. The number of ether oxygens (including phenoxy) is 3. The van der Waals surface area contributed by atoms with Crippen molar-refractivity contribution >= 4 is 12.1 Å². The summed E-state index contributed by atoms with van der Waals surface area (Å²) in [6, 6.07) is 7.52. The molecule has 0 fully saturated rings. The molecule has 0 saturated heterocycles. The zero-order chi connectivity index (χ0) is 16.6. The van der Waals surface area contributed by atoms with Gasteiger partial charge in [0.2, 0.25) is 0 Å². The van der Waals surface area contributed by atoms with Crippen LogP contribution in [0.1, 0.15) is 31.9 Å². The molecule has 0 unspecified atom stereocenters. The van der Waals surface area contributed by atoms with E-state index >= 15 is 0 Å². The van der Waals surface area contributed by atoms with Crippen LogP contribution in [0.3, 0.4) is 0 Å². The highest BCUT2D eigenvalue weighted by Gasteiger charge is 2.15. The number of alkyl carbamates (subject to hydrolysis) is 1. The van der Waals surface area contributed by atoms with Gasteiger partial charge in [-0.25, -0.2) is 9.59 Å². The molecule has 0 radical (unpaired) electrons. The van der Waals surface area contributed by atoms with Gasteiger partial charge in [-0.1, -0.05) is 24.3 Å². The second-order valence-corrected chi connectivity index (χ2v) is 5.74. The molecule has 1 N–H and O–H groups in total. The van der Waals surface area contributed by atoms with Crippen LogP contribution in [-0.2, 0) is 32.2 Å². The maximum atomic E-state index is 11.5. The standard InChI is InChI=1S/C16H23NO5/c1-16(2,3)22-15(19)17-9-12-5-7-13(8-6-12)10-21-11-14(18)20-4/h5-8H,9-11H2,1-4H3,(H,17,19).